The summed E-state index contributed by atoms with van der Waals surface area (Å²) in [4.78, 5) is 0. The van der Waals surface area contributed by atoms with Crippen LogP contribution in [0, 0.1) is 0 Å². The van der Waals surface area contributed by atoms with Gasteiger partial charge in [0.15, 0.2) is 0 Å². The maximum Gasteiger partial charge on any atom is 0.124 e. The van der Waals surface area contributed by atoms with Crippen LogP contribution in [0.15, 0.2) is 41.1 Å². The van der Waals surface area contributed by atoms with Gasteiger partial charge in [-0.15, -0.1) is 0 Å². The number of fused-ring (bicyclic) bond motifs is 1. The highest BCUT2D eigenvalue weighted by Crippen LogP contribution is 2.31. The molecular weight excluding hydrogens is 218 g/mol. The van der Waals surface area contributed by atoms with Gasteiger partial charge in [-0.3, -0.25) is 0 Å². The predicted molar refractivity (Wildman–Crippen MR) is 65.8 cm³/mol. The van der Waals surface area contributed by atoms with E-state index in [-0.39, 0.29) is 0 Å². The van der Waals surface area contributed by atoms with E-state index < -0.39 is 0 Å². The molecule has 0 aliphatic carbocycles. The molecule has 1 aliphatic heterocycles. The van der Waals surface area contributed by atoms with Crippen molar-refractivity contribution in [3.05, 3.63) is 52.2 Å². The highest BCUT2D eigenvalue weighted by molar-refractivity contribution is 7.07. The molecule has 82 valence electrons. The lowest BCUT2D eigenvalue weighted by Crippen LogP contribution is -2.21. The van der Waals surface area contributed by atoms with Gasteiger partial charge >= 0.3 is 0 Å². The fourth-order valence-corrected chi connectivity index (χ4v) is 2.63. The second-order valence-electron chi connectivity index (χ2n) is 3.91. The van der Waals surface area contributed by atoms with Gasteiger partial charge in [-0.05, 0) is 28.5 Å². The molecule has 1 aromatic carbocycles. The van der Waals surface area contributed by atoms with E-state index >= 15 is 0 Å². The molecule has 1 aromatic heterocycles. The van der Waals surface area contributed by atoms with E-state index in [0.717, 1.165) is 18.9 Å². The summed E-state index contributed by atoms with van der Waals surface area (Å²) in [5.41, 5.74) is 2.62. The van der Waals surface area contributed by atoms with Crippen molar-refractivity contribution in [1.29, 1.82) is 0 Å². The van der Waals surface area contributed by atoms with Crippen LogP contribution in [-0.4, -0.2) is 6.61 Å². The number of para-hydroxylation sites is 1. The average Bonchev–Trinajstić information content (AvgIpc) is 2.96. The first-order valence-electron chi connectivity index (χ1n) is 5.39. The van der Waals surface area contributed by atoms with E-state index in [4.69, 9.17) is 4.74 Å². The molecule has 2 heterocycles. The quantitative estimate of drug-likeness (QED) is 0.877. The Morgan fingerprint density at radius 2 is 2.25 bits per heavy atom. The van der Waals surface area contributed by atoms with Crippen LogP contribution in [0.5, 0.6) is 5.75 Å². The highest BCUT2D eigenvalue weighted by Gasteiger charge is 2.22. The van der Waals surface area contributed by atoms with Gasteiger partial charge in [0.25, 0.3) is 0 Å². The Hall–Kier alpha value is -1.32. The van der Waals surface area contributed by atoms with Crippen LogP contribution in [0.25, 0.3) is 0 Å². The van der Waals surface area contributed by atoms with Crippen molar-refractivity contribution in [3.63, 3.8) is 0 Å². The first-order valence-corrected chi connectivity index (χ1v) is 6.34. The summed E-state index contributed by atoms with van der Waals surface area (Å²) in [6, 6.07) is 10.7. The van der Waals surface area contributed by atoms with Crippen molar-refractivity contribution >= 4 is 11.3 Å². The number of hydrogen-bond acceptors (Lipinski definition) is 3. The zero-order valence-corrected chi connectivity index (χ0v) is 9.67. The van der Waals surface area contributed by atoms with Gasteiger partial charge in [-0.1, -0.05) is 18.2 Å². The number of nitrogens with one attached hydrogen (secondary N) is 1. The van der Waals surface area contributed by atoms with Crippen LogP contribution < -0.4 is 10.1 Å². The minimum atomic E-state index is 0.330. The van der Waals surface area contributed by atoms with Crippen molar-refractivity contribution < 1.29 is 4.74 Å². The van der Waals surface area contributed by atoms with Crippen molar-refractivity contribution in [2.24, 2.45) is 0 Å². The molecule has 0 spiro atoms. The van der Waals surface area contributed by atoms with Crippen LogP contribution in [0.1, 0.15) is 17.2 Å². The van der Waals surface area contributed by atoms with Gasteiger partial charge in [-0.25, -0.2) is 0 Å². The number of hydrogen-bond donors (Lipinski definition) is 1. The first-order chi connectivity index (χ1) is 7.93. The van der Waals surface area contributed by atoms with Crippen LogP contribution in [0.2, 0.25) is 0 Å². The molecule has 0 bridgehead atoms. The predicted octanol–water partition coefficient (Wildman–Crippen LogP) is 2.97. The van der Waals surface area contributed by atoms with Crippen LogP contribution in [0.3, 0.4) is 0 Å². The zero-order chi connectivity index (χ0) is 10.8. The number of ether oxygens (including phenoxy) is 1. The van der Waals surface area contributed by atoms with E-state index in [1.807, 2.05) is 12.1 Å². The summed E-state index contributed by atoms with van der Waals surface area (Å²) >= 11 is 1.74. The summed E-state index contributed by atoms with van der Waals surface area (Å²) in [6.07, 6.45) is 0. The minimum Gasteiger partial charge on any atom is -0.491 e. The van der Waals surface area contributed by atoms with E-state index in [0.29, 0.717) is 6.04 Å². The van der Waals surface area contributed by atoms with Gasteiger partial charge in [-0.2, -0.15) is 11.3 Å². The molecule has 3 rings (SSSR count). The smallest absolute Gasteiger partial charge is 0.124 e. The Morgan fingerprint density at radius 3 is 3.12 bits per heavy atom. The molecule has 2 nitrogen and oxygen atoms in total. The molecule has 0 amide bonds. The maximum atomic E-state index is 5.62. The molecule has 1 aliphatic rings. The number of thiophene rings is 1. The molecule has 3 heteroatoms. The van der Waals surface area contributed by atoms with Gasteiger partial charge in [0.2, 0.25) is 0 Å². The molecule has 0 fully saturated rings. The lowest BCUT2D eigenvalue weighted by molar-refractivity contribution is 0.310. The number of rotatable bonds is 3. The maximum absolute atomic E-state index is 5.62. The number of benzene rings is 1. The van der Waals surface area contributed by atoms with Crippen LogP contribution in [0.4, 0.5) is 0 Å². The zero-order valence-electron chi connectivity index (χ0n) is 8.85. The third kappa shape index (κ3) is 1.84. The Labute approximate surface area is 98.9 Å². The Kier molecular flexibility index (Phi) is 2.64. The van der Waals surface area contributed by atoms with Crippen LogP contribution >= 0.6 is 11.3 Å². The van der Waals surface area contributed by atoms with E-state index in [9.17, 15) is 0 Å². The van der Waals surface area contributed by atoms with Gasteiger partial charge in [0, 0.05) is 12.1 Å². The summed E-state index contributed by atoms with van der Waals surface area (Å²) < 4.78 is 5.62. The highest BCUT2D eigenvalue weighted by atomic mass is 32.1. The third-order valence-electron chi connectivity index (χ3n) is 2.83. The Balaban J connectivity index is 1.69. The third-order valence-corrected chi connectivity index (χ3v) is 3.56. The van der Waals surface area contributed by atoms with Gasteiger partial charge in [0.1, 0.15) is 12.4 Å². The molecule has 0 saturated carbocycles. The standard InChI is InChI=1S/C13H13NOS/c1-2-4-13-11(3-1)12(8-15-13)14-7-10-5-6-16-9-10/h1-6,9,12,14H,7-8H2. The molecule has 0 radical (unpaired) electrons. The second kappa shape index (κ2) is 4.28. The molecule has 16 heavy (non-hydrogen) atoms. The summed E-state index contributed by atoms with van der Waals surface area (Å²) in [5.74, 6) is 1.02. The first kappa shape index (κ1) is 9.87. The molecular formula is C13H13NOS. The van der Waals surface area contributed by atoms with Gasteiger partial charge in [0.05, 0.1) is 6.04 Å². The molecule has 0 saturated heterocycles. The Morgan fingerprint density at radius 1 is 1.31 bits per heavy atom. The fourth-order valence-electron chi connectivity index (χ4n) is 1.97. The topological polar surface area (TPSA) is 21.3 Å². The molecule has 1 N–H and O–H groups in total. The van der Waals surface area contributed by atoms with Crippen molar-refractivity contribution in [2.45, 2.75) is 12.6 Å². The summed E-state index contributed by atoms with van der Waals surface area (Å²) in [7, 11) is 0. The van der Waals surface area contributed by atoms with Gasteiger partial charge < -0.3 is 10.1 Å². The monoisotopic (exact) mass is 231 g/mol. The van der Waals surface area contributed by atoms with E-state index in [1.165, 1.54) is 11.1 Å². The van der Waals surface area contributed by atoms with Crippen molar-refractivity contribution in [3.8, 4) is 5.75 Å². The summed E-state index contributed by atoms with van der Waals surface area (Å²) in [5, 5.41) is 7.80. The SMILES string of the molecule is c1ccc2c(c1)OCC2NCc1ccsc1. The van der Waals surface area contributed by atoms with Crippen LogP contribution in [-0.2, 0) is 6.54 Å². The molecule has 1 unspecified atom stereocenters. The second-order valence-corrected chi connectivity index (χ2v) is 4.69. The van der Waals surface area contributed by atoms with Crippen molar-refractivity contribution in [1.82, 2.24) is 5.32 Å². The lowest BCUT2D eigenvalue weighted by atomic mass is 10.1. The fraction of sp³-hybridized carbons (Fsp3) is 0.231. The minimum absolute atomic E-state index is 0.330. The lowest BCUT2D eigenvalue weighted by Gasteiger charge is -2.10. The normalized spacial score (nSPS) is 18.1. The van der Waals surface area contributed by atoms with E-state index in [2.05, 4.69) is 34.3 Å². The molecule has 1 atom stereocenters. The van der Waals surface area contributed by atoms with E-state index in [1.54, 1.807) is 11.3 Å². The van der Waals surface area contributed by atoms with Crippen molar-refractivity contribution in [2.75, 3.05) is 6.61 Å². The molecule has 2 aromatic rings. The largest absolute Gasteiger partial charge is 0.491 e. The summed E-state index contributed by atoms with van der Waals surface area (Å²) in [6.45, 7) is 1.65. The Bertz CT molecular complexity index is 467. The average molecular weight is 231 g/mol.